The molecule has 0 radical (unpaired) electrons. The standard InChI is InChI=1S/C63H116NO8P/c1-3-5-7-9-11-13-15-17-19-21-23-24-25-26-27-28-29-30-31-32-33-34-35-36-38-39-41-43-45-47-49-51-53-55-62(65)69-59-61(60-71-73(67,68)70-58-57-64)72-63(66)56-54-52-50-48-46-44-42-40-37-22-20-18-16-14-12-10-8-6-4-2/h12,14-15,17-18,20-21,23,37,40,61H,3-11,13,16,19,22,24-36,38-39,41-60,64H2,1-2H3,(H,67,68)/b14-12-,17-15-,20-18-,23-21-,40-37-. The molecule has 0 saturated heterocycles. The molecule has 0 aliphatic heterocycles. The van der Waals surface area contributed by atoms with Gasteiger partial charge in [0.2, 0.25) is 0 Å². The van der Waals surface area contributed by atoms with Crippen LogP contribution in [0.5, 0.6) is 0 Å². The molecular weight excluding hydrogens is 930 g/mol. The Morgan fingerprint density at radius 3 is 1.08 bits per heavy atom. The van der Waals surface area contributed by atoms with E-state index in [-0.39, 0.29) is 38.6 Å². The number of carbonyl (C=O) groups is 2. The van der Waals surface area contributed by atoms with Gasteiger partial charge in [0.15, 0.2) is 6.10 Å². The summed E-state index contributed by atoms with van der Waals surface area (Å²) in [6.45, 7) is 3.72. The van der Waals surface area contributed by atoms with Crippen LogP contribution in [-0.4, -0.2) is 49.3 Å². The van der Waals surface area contributed by atoms with Crippen LogP contribution in [-0.2, 0) is 32.7 Å². The molecule has 0 fully saturated rings. The second-order valence-electron chi connectivity index (χ2n) is 20.6. The fourth-order valence-electron chi connectivity index (χ4n) is 8.79. The predicted octanol–water partition coefficient (Wildman–Crippen LogP) is 19.5. The molecule has 0 bridgehead atoms. The third-order valence-electron chi connectivity index (χ3n) is 13.4. The van der Waals surface area contributed by atoms with Gasteiger partial charge < -0.3 is 20.1 Å². The van der Waals surface area contributed by atoms with Gasteiger partial charge in [0.1, 0.15) is 6.61 Å². The minimum Gasteiger partial charge on any atom is -0.462 e. The van der Waals surface area contributed by atoms with Gasteiger partial charge in [-0.15, -0.1) is 0 Å². The number of ether oxygens (including phenoxy) is 2. The number of allylic oxidation sites excluding steroid dienone is 10. The van der Waals surface area contributed by atoms with E-state index in [0.29, 0.717) is 6.42 Å². The van der Waals surface area contributed by atoms with Gasteiger partial charge in [0, 0.05) is 19.4 Å². The number of rotatable bonds is 58. The monoisotopic (exact) mass is 1050 g/mol. The summed E-state index contributed by atoms with van der Waals surface area (Å²) in [7, 11) is -4.39. The van der Waals surface area contributed by atoms with E-state index >= 15 is 0 Å². The normalized spacial score (nSPS) is 13.4. The van der Waals surface area contributed by atoms with E-state index in [1.54, 1.807) is 0 Å². The molecule has 73 heavy (non-hydrogen) atoms. The Morgan fingerprint density at radius 1 is 0.411 bits per heavy atom. The summed E-state index contributed by atoms with van der Waals surface area (Å²) in [5.41, 5.74) is 5.38. The van der Waals surface area contributed by atoms with Crippen molar-refractivity contribution < 1.29 is 37.6 Å². The van der Waals surface area contributed by atoms with Crippen molar-refractivity contribution >= 4 is 19.8 Å². The van der Waals surface area contributed by atoms with E-state index in [4.69, 9.17) is 24.3 Å². The average Bonchev–Trinajstić information content (AvgIpc) is 3.38. The van der Waals surface area contributed by atoms with Gasteiger partial charge in [-0.05, 0) is 83.5 Å². The molecule has 10 heteroatoms. The first-order valence-corrected chi connectivity index (χ1v) is 32.3. The van der Waals surface area contributed by atoms with Crippen molar-refractivity contribution in [3.8, 4) is 0 Å². The maximum absolute atomic E-state index is 12.7. The zero-order valence-corrected chi connectivity index (χ0v) is 48.5. The largest absolute Gasteiger partial charge is 0.472 e. The van der Waals surface area contributed by atoms with E-state index in [1.807, 2.05) is 0 Å². The van der Waals surface area contributed by atoms with Crippen LogP contribution in [0.2, 0.25) is 0 Å². The molecule has 0 heterocycles. The van der Waals surface area contributed by atoms with Crippen LogP contribution in [0.1, 0.15) is 296 Å². The number of carbonyl (C=O) groups excluding carboxylic acids is 2. The van der Waals surface area contributed by atoms with E-state index in [0.717, 1.165) is 77.0 Å². The zero-order valence-electron chi connectivity index (χ0n) is 47.6. The summed E-state index contributed by atoms with van der Waals surface area (Å²) in [5.74, 6) is -0.832. The fourth-order valence-corrected chi connectivity index (χ4v) is 9.56. The Hall–Kier alpha value is -2.29. The first kappa shape index (κ1) is 70.7. The summed E-state index contributed by atoms with van der Waals surface area (Å²) in [6, 6.07) is 0. The third-order valence-corrected chi connectivity index (χ3v) is 14.4. The molecule has 0 aliphatic carbocycles. The van der Waals surface area contributed by atoms with Crippen LogP contribution < -0.4 is 5.73 Å². The molecule has 0 aromatic heterocycles. The number of nitrogens with two attached hydrogens (primary N) is 1. The van der Waals surface area contributed by atoms with E-state index in [1.165, 1.54) is 186 Å². The van der Waals surface area contributed by atoms with Gasteiger partial charge in [-0.2, -0.15) is 0 Å². The first-order valence-electron chi connectivity index (χ1n) is 30.8. The number of phosphoric ester groups is 1. The molecular formula is C63H116NO8P. The van der Waals surface area contributed by atoms with Crippen molar-refractivity contribution in [2.45, 2.75) is 302 Å². The Morgan fingerprint density at radius 2 is 0.712 bits per heavy atom. The van der Waals surface area contributed by atoms with Crippen molar-refractivity contribution in [3.63, 3.8) is 0 Å². The Bertz CT molecular complexity index is 1380. The van der Waals surface area contributed by atoms with Crippen molar-refractivity contribution in [2.75, 3.05) is 26.4 Å². The second-order valence-corrected chi connectivity index (χ2v) is 22.0. The minimum atomic E-state index is -4.39. The van der Waals surface area contributed by atoms with Crippen LogP contribution in [0, 0.1) is 0 Å². The van der Waals surface area contributed by atoms with Gasteiger partial charge in [-0.3, -0.25) is 18.6 Å². The van der Waals surface area contributed by atoms with Gasteiger partial charge in [0.05, 0.1) is 13.2 Å². The van der Waals surface area contributed by atoms with Crippen molar-refractivity contribution in [1.29, 1.82) is 0 Å². The van der Waals surface area contributed by atoms with Crippen molar-refractivity contribution in [2.24, 2.45) is 5.73 Å². The zero-order chi connectivity index (χ0) is 53.1. The Kier molecular flexibility index (Phi) is 57.1. The van der Waals surface area contributed by atoms with E-state index in [9.17, 15) is 19.0 Å². The molecule has 0 rings (SSSR count). The number of unbranched alkanes of at least 4 members (excludes halogenated alkanes) is 35. The van der Waals surface area contributed by atoms with Crippen LogP contribution in [0.25, 0.3) is 0 Å². The quantitative estimate of drug-likeness (QED) is 0.0264. The smallest absolute Gasteiger partial charge is 0.462 e. The molecule has 2 atom stereocenters. The molecule has 0 amide bonds. The molecule has 3 N–H and O–H groups in total. The molecule has 2 unspecified atom stereocenters. The third kappa shape index (κ3) is 58.8. The van der Waals surface area contributed by atoms with Crippen LogP contribution in [0.4, 0.5) is 0 Å². The number of phosphoric acid groups is 1. The lowest BCUT2D eigenvalue weighted by atomic mass is 10.0. The lowest BCUT2D eigenvalue weighted by molar-refractivity contribution is -0.161. The lowest BCUT2D eigenvalue weighted by Crippen LogP contribution is -2.29. The molecule has 0 spiro atoms. The summed E-state index contributed by atoms with van der Waals surface area (Å²) < 4.78 is 33.0. The highest BCUT2D eigenvalue weighted by molar-refractivity contribution is 7.47. The van der Waals surface area contributed by atoms with Crippen LogP contribution >= 0.6 is 7.82 Å². The maximum atomic E-state index is 12.7. The van der Waals surface area contributed by atoms with Crippen LogP contribution in [0.3, 0.4) is 0 Å². The average molecular weight is 1050 g/mol. The SMILES string of the molecule is CCCCC/C=C\C/C=C\C/C=C\CCCCCCCCC(=O)OC(COC(=O)CCCCCCCCCCCCCCCCCCCCCCC/C=C\C/C=C\CCCCCCC)COP(=O)(O)OCCN. The minimum absolute atomic E-state index is 0.0503. The fraction of sp³-hybridized carbons (Fsp3) is 0.810. The second kappa shape index (κ2) is 59.0. The topological polar surface area (TPSA) is 134 Å². The summed E-state index contributed by atoms with van der Waals surface area (Å²) in [6.07, 6.45) is 74.4. The van der Waals surface area contributed by atoms with E-state index < -0.39 is 26.5 Å². The lowest BCUT2D eigenvalue weighted by Gasteiger charge is -2.19. The summed E-state index contributed by atoms with van der Waals surface area (Å²) >= 11 is 0. The molecule has 0 saturated carbocycles. The van der Waals surface area contributed by atoms with Gasteiger partial charge in [-0.1, -0.05) is 261 Å². The maximum Gasteiger partial charge on any atom is 0.472 e. The number of esters is 2. The number of hydrogen-bond donors (Lipinski definition) is 2. The van der Waals surface area contributed by atoms with Gasteiger partial charge in [-0.25, -0.2) is 4.57 Å². The van der Waals surface area contributed by atoms with Gasteiger partial charge >= 0.3 is 19.8 Å². The molecule has 426 valence electrons. The number of hydrogen-bond acceptors (Lipinski definition) is 8. The summed E-state index contributed by atoms with van der Waals surface area (Å²) in [5, 5.41) is 0. The van der Waals surface area contributed by atoms with E-state index in [2.05, 4.69) is 74.6 Å². The highest BCUT2D eigenvalue weighted by atomic mass is 31.2. The molecule has 0 aromatic carbocycles. The first-order chi connectivity index (χ1) is 35.8. The van der Waals surface area contributed by atoms with Crippen LogP contribution in [0.15, 0.2) is 60.8 Å². The predicted molar refractivity (Wildman–Crippen MR) is 312 cm³/mol. The molecule has 0 aromatic rings. The Balaban J connectivity index is 3.87. The highest BCUT2D eigenvalue weighted by Gasteiger charge is 2.26. The van der Waals surface area contributed by atoms with Gasteiger partial charge in [0.25, 0.3) is 0 Å². The molecule has 9 nitrogen and oxygen atoms in total. The Labute approximate surface area is 450 Å². The molecule has 0 aliphatic rings. The van der Waals surface area contributed by atoms with Crippen molar-refractivity contribution in [1.82, 2.24) is 0 Å². The summed E-state index contributed by atoms with van der Waals surface area (Å²) in [4.78, 5) is 35.2. The highest BCUT2D eigenvalue weighted by Crippen LogP contribution is 2.43. The van der Waals surface area contributed by atoms with Crippen molar-refractivity contribution in [3.05, 3.63) is 60.8 Å².